The van der Waals surface area contributed by atoms with Gasteiger partial charge in [0.2, 0.25) is 5.91 Å². The quantitative estimate of drug-likeness (QED) is 0.486. The zero-order valence-corrected chi connectivity index (χ0v) is 18.1. The molecule has 4 aromatic rings. The van der Waals surface area contributed by atoms with Crippen molar-refractivity contribution in [3.05, 3.63) is 41.2 Å². The van der Waals surface area contributed by atoms with Gasteiger partial charge in [0, 0.05) is 51.1 Å². The Morgan fingerprint density at radius 1 is 1.09 bits per heavy atom. The summed E-state index contributed by atoms with van der Waals surface area (Å²) >= 11 is 0. The molecule has 0 aromatic carbocycles. The number of methoxy groups -OCH3 is 1. The number of nitrogens with zero attached hydrogens (tertiary/aromatic N) is 7. The Morgan fingerprint density at radius 2 is 1.81 bits per heavy atom. The van der Waals surface area contributed by atoms with Crippen molar-refractivity contribution in [2.24, 2.45) is 7.05 Å². The molecule has 10 heteroatoms. The maximum absolute atomic E-state index is 13.2. The number of amides is 1. The van der Waals surface area contributed by atoms with Gasteiger partial charge in [-0.1, -0.05) is 0 Å². The fraction of sp³-hybridized carbons (Fsp3) is 0.364. The largest absolute Gasteiger partial charge is 0.467 e. The van der Waals surface area contributed by atoms with Crippen molar-refractivity contribution < 1.29 is 9.53 Å². The summed E-state index contributed by atoms with van der Waals surface area (Å²) in [5.74, 6) is 0.0661. The first-order chi connectivity index (χ1) is 15.5. The van der Waals surface area contributed by atoms with Crippen LogP contribution in [0.25, 0.3) is 33.3 Å². The molecule has 5 heterocycles. The highest BCUT2D eigenvalue weighted by molar-refractivity contribution is 6.00. The molecule has 0 atom stereocenters. The van der Waals surface area contributed by atoms with Crippen molar-refractivity contribution >= 4 is 28.0 Å². The molecule has 1 aliphatic rings. The maximum atomic E-state index is 13.2. The number of hydrogen-bond donors (Lipinski definition) is 0. The number of rotatable bonds is 3. The summed E-state index contributed by atoms with van der Waals surface area (Å²) in [6.45, 7) is 2.85. The van der Waals surface area contributed by atoms with Gasteiger partial charge in [-0.3, -0.25) is 18.9 Å². The van der Waals surface area contributed by atoms with Crippen molar-refractivity contribution in [3.63, 3.8) is 0 Å². The normalized spacial score (nSPS) is 14.9. The van der Waals surface area contributed by atoms with E-state index in [1.54, 1.807) is 37.1 Å². The number of likely N-dealkylation sites (tertiary alicyclic amines) is 1. The van der Waals surface area contributed by atoms with E-state index in [9.17, 15) is 9.59 Å². The van der Waals surface area contributed by atoms with Crippen LogP contribution < -0.4 is 10.4 Å². The van der Waals surface area contributed by atoms with Crippen LogP contribution in [0.3, 0.4) is 0 Å². The van der Waals surface area contributed by atoms with Gasteiger partial charge in [-0.2, -0.15) is 0 Å². The van der Waals surface area contributed by atoms with Gasteiger partial charge in [0.05, 0.1) is 35.6 Å². The van der Waals surface area contributed by atoms with Crippen molar-refractivity contribution in [1.29, 1.82) is 0 Å². The summed E-state index contributed by atoms with van der Waals surface area (Å²) in [6, 6.07) is 4.03. The topological polar surface area (TPSA) is 108 Å². The minimum atomic E-state index is -0.101. The molecular weight excluding hydrogens is 410 g/mol. The van der Waals surface area contributed by atoms with E-state index < -0.39 is 0 Å². The molecule has 0 unspecified atom stereocenters. The van der Waals surface area contributed by atoms with E-state index in [1.807, 2.05) is 21.6 Å². The van der Waals surface area contributed by atoms with Gasteiger partial charge in [-0.25, -0.2) is 19.7 Å². The summed E-state index contributed by atoms with van der Waals surface area (Å²) in [6.07, 6.45) is 6.47. The zero-order chi connectivity index (χ0) is 22.4. The van der Waals surface area contributed by atoms with Crippen LogP contribution in [-0.2, 0) is 11.8 Å². The van der Waals surface area contributed by atoms with Gasteiger partial charge >= 0.3 is 11.7 Å². The second kappa shape index (κ2) is 7.70. The monoisotopic (exact) mass is 433 g/mol. The highest BCUT2D eigenvalue weighted by atomic mass is 16.5. The third kappa shape index (κ3) is 3.19. The van der Waals surface area contributed by atoms with Crippen molar-refractivity contribution in [3.8, 4) is 17.3 Å². The summed E-state index contributed by atoms with van der Waals surface area (Å²) in [7, 11) is 3.27. The third-order valence-corrected chi connectivity index (χ3v) is 6.14. The number of carbonyl (C=O) groups excluding carboxylic acids is 1. The van der Waals surface area contributed by atoms with Gasteiger partial charge in [0.1, 0.15) is 5.52 Å². The predicted octanol–water partition coefficient (Wildman–Crippen LogP) is 1.93. The average molecular weight is 433 g/mol. The van der Waals surface area contributed by atoms with E-state index in [-0.39, 0.29) is 23.6 Å². The molecular formula is C22H23N7O3. The molecule has 5 rings (SSSR count). The molecule has 0 spiro atoms. The molecule has 1 aliphatic heterocycles. The molecule has 1 amide bonds. The summed E-state index contributed by atoms with van der Waals surface area (Å²) in [4.78, 5) is 44.5. The lowest BCUT2D eigenvalue weighted by molar-refractivity contribution is -0.130. The van der Waals surface area contributed by atoms with Crippen LogP contribution in [0.4, 0.5) is 0 Å². The standard InChI is InChI=1S/C22H23N7O3/c1-13(30)28-8-6-15(7-9-28)29-20-18(27(2)22(29)31)12-23-17-5-4-16(26-19(17)20)14-10-24-21(32-3)25-11-14/h4-5,10-12,15H,6-9H2,1-3H3. The molecule has 0 saturated carbocycles. The summed E-state index contributed by atoms with van der Waals surface area (Å²) < 4.78 is 8.48. The Labute approximate surface area is 183 Å². The van der Waals surface area contributed by atoms with Gasteiger partial charge in [0.25, 0.3) is 0 Å². The number of piperidine rings is 1. The molecule has 164 valence electrons. The second-order valence-corrected chi connectivity index (χ2v) is 7.96. The maximum Gasteiger partial charge on any atom is 0.329 e. The summed E-state index contributed by atoms with van der Waals surface area (Å²) in [5.41, 5.74) is 4.18. The SMILES string of the molecule is COc1ncc(-c2ccc3ncc4c(c3n2)n(C2CCN(C(C)=O)CC2)c(=O)n4C)cn1. The number of aromatic nitrogens is 6. The number of pyridine rings is 2. The lowest BCUT2D eigenvalue weighted by Gasteiger charge is -2.31. The molecule has 1 saturated heterocycles. The Morgan fingerprint density at radius 3 is 2.47 bits per heavy atom. The number of aryl methyl sites for hydroxylation is 1. The van der Waals surface area contributed by atoms with Crippen LogP contribution in [0.1, 0.15) is 25.8 Å². The van der Waals surface area contributed by atoms with Crippen molar-refractivity contribution in [2.75, 3.05) is 20.2 Å². The van der Waals surface area contributed by atoms with Gasteiger partial charge in [-0.05, 0) is 25.0 Å². The molecule has 0 N–H and O–H groups in total. The highest BCUT2D eigenvalue weighted by Crippen LogP contribution is 2.30. The van der Waals surface area contributed by atoms with Crippen LogP contribution in [0.2, 0.25) is 0 Å². The molecule has 32 heavy (non-hydrogen) atoms. The molecule has 1 fully saturated rings. The second-order valence-electron chi connectivity index (χ2n) is 7.96. The summed E-state index contributed by atoms with van der Waals surface area (Å²) in [5, 5.41) is 0. The first kappa shape index (κ1) is 20.1. The third-order valence-electron chi connectivity index (χ3n) is 6.14. The minimum Gasteiger partial charge on any atom is -0.467 e. The molecule has 4 aromatic heterocycles. The van der Waals surface area contributed by atoms with E-state index in [1.165, 1.54) is 7.11 Å². The lowest BCUT2D eigenvalue weighted by atomic mass is 10.0. The van der Waals surface area contributed by atoms with E-state index >= 15 is 0 Å². The molecule has 10 nitrogen and oxygen atoms in total. The van der Waals surface area contributed by atoms with E-state index in [2.05, 4.69) is 15.0 Å². The zero-order valence-electron chi connectivity index (χ0n) is 18.1. The smallest absolute Gasteiger partial charge is 0.329 e. The number of fused-ring (bicyclic) bond motifs is 3. The Balaban J connectivity index is 1.67. The first-order valence-electron chi connectivity index (χ1n) is 10.5. The van der Waals surface area contributed by atoms with Crippen LogP contribution in [0.15, 0.2) is 35.5 Å². The minimum absolute atomic E-state index is 0.0119. The highest BCUT2D eigenvalue weighted by Gasteiger charge is 2.27. The average Bonchev–Trinajstić information content (AvgIpc) is 3.09. The fourth-order valence-electron chi connectivity index (χ4n) is 4.38. The molecule has 0 radical (unpaired) electrons. The van der Waals surface area contributed by atoms with Crippen LogP contribution in [-0.4, -0.2) is 60.1 Å². The van der Waals surface area contributed by atoms with Gasteiger partial charge in [-0.15, -0.1) is 0 Å². The molecule has 0 bridgehead atoms. The Kier molecular flexibility index (Phi) is 4.84. The van der Waals surface area contributed by atoms with Crippen molar-refractivity contribution in [1.82, 2.24) is 34.0 Å². The number of carbonyl (C=O) groups is 1. The first-order valence-corrected chi connectivity index (χ1v) is 10.5. The van der Waals surface area contributed by atoms with E-state index in [0.29, 0.717) is 42.7 Å². The van der Waals surface area contributed by atoms with Crippen LogP contribution in [0, 0.1) is 0 Å². The fourth-order valence-corrected chi connectivity index (χ4v) is 4.38. The predicted molar refractivity (Wildman–Crippen MR) is 118 cm³/mol. The van der Waals surface area contributed by atoms with Crippen molar-refractivity contribution in [2.45, 2.75) is 25.8 Å². The Bertz CT molecular complexity index is 1380. The number of hydrogen-bond acceptors (Lipinski definition) is 7. The number of imidazole rings is 1. The molecule has 0 aliphatic carbocycles. The van der Waals surface area contributed by atoms with Crippen LogP contribution >= 0.6 is 0 Å². The van der Waals surface area contributed by atoms with Crippen LogP contribution in [0.5, 0.6) is 6.01 Å². The Hall–Kier alpha value is -3.82. The van der Waals surface area contributed by atoms with E-state index in [0.717, 1.165) is 16.6 Å². The van der Waals surface area contributed by atoms with Gasteiger partial charge in [0.15, 0.2) is 0 Å². The lowest BCUT2D eigenvalue weighted by Crippen LogP contribution is -2.39. The van der Waals surface area contributed by atoms with E-state index in [4.69, 9.17) is 9.72 Å². The van der Waals surface area contributed by atoms with Gasteiger partial charge < -0.3 is 9.64 Å². The number of ether oxygens (including phenoxy) is 1.